The predicted molar refractivity (Wildman–Crippen MR) is 81.8 cm³/mol. The minimum atomic E-state index is -0.136. The second kappa shape index (κ2) is 7.39. The quantitative estimate of drug-likeness (QED) is 0.756. The number of hydrogen-bond acceptors (Lipinski definition) is 1. The van der Waals surface area contributed by atoms with Crippen LogP contribution >= 0.6 is 15.9 Å². The molecule has 3 heteroatoms. The van der Waals surface area contributed by atoms with E-state index in [9.17, 15) is 4.39 Å². The highest BCUT2D eigenvalue weighted by atomic mass is 79.9. The van der Waals surface area contributed by atoms with E-state index < -0.39 is 0 Å². The van der Waals surface area contributed by atoms with Crippen LogP contribution in [-0.4, -0.2) is 13.1 Å². The number of nitrogens with one attached hydrogen (secondary N) is 1. The van der Waals surface area contributed by atoms with Gasteiger partial charge in [-0.3, -0.25) is 0 Å². The van der Waals surface area contributed by atoms with Crippen LogP contribution in [0.2, 0.25) is 0 Å². The first-order valence-electron chi connectivity index (χ1n) is 7.34. The van der Waals surface area contributed by atoms with Gasteiger partial charge in [-0.15, -0.1) is 0 Å². The molecule has 0 saturated heterocycles. The average Bonchev–Trinajstić information content (AvgIpc) is 2.76. The van der Waals surface area contributed by atoms with Gasteiger partial charge in [-0.1, -0.05) is 29.3 Å². The van der Waals surface area contributed by atoms with Crippen molar-refractivity contribution in [1.82, 2.24) is 5.32 Å². The first kappa shape index (κ1) is 15.0. The normalized spacial score (nSPS) is 22.9. The third-order valence-corrected chi connectivity index (χ3v) is 4.53. The molecule has 0 radical (unpaired) electrons. The molecule has 1 aromatic rings. The maximum Gasteiger partial charge on any atom is 0.124 e. The summed E-state index contributed by atoms with van der Waals surface area (Å²) in [5.74, 6) is 1.33. The van der Waals surface area contributed by atoms with Gasteiger partial charge in [0.05, 0.1) is 0 Å². The van der Waals surface area contributed by atoms with Crippen LogP contribution in [0.4, 0.5) is 4.39 Å². The van der Waals surface area contributed by atoms with Gasteiger partial charge >= 0.3 is 0 Å². The first-order chi connectivity index (χ1) is 9.19. The van der Waals surface area contributed by atoms with Crippen LogP contribution in [-0.2, 0) is 6.42 Å². The fourth-order valence-electron chi connectivity index (χ4n) is 3.15. The van der Waals surface area contributed by atoms with Gasteiger partial charge in [-0.25, -0.2) is 4.39 Å². The second-order valence-corrected chi connectivity index (χ2v) is 6.55. The van der Waals surface area contributed by atoms with Crippen molar-refractivity contribution in [2.45, 2.75) is 39.0 Å². The highest BCUT2D eigenvalue weighted by molar-refractivity contribution is 9.10. The Balaban J connectivity index is 1.93. The largest absolute Gasteiger partial charge is 0.316 e. The van der Waals surface area contributed by atoms with Crippen molar-refractivity contribution < 1.29 is 4.39 Å². The minimum Gasteiger partial charge on any atom is -0.316 e. The summed E-state index contributed by atoms with van der Waals surface area (Å²) < 4.78 is 14.3. The van der Waals surface area contributed by atoms with E-state index in [-0.39, 0.29) is 5.82 Å². The van der Waals surface area contributed by atoms with Crippen molar-refractivity contribution in [3.05, 3.63) is 34.1 Å². The summed E-state index contributed by atoms with van der Waals surface area (Å²) in [5, 5.41) is 3.53. The molecule has 0 aliphatic heterocycles. The molecule has 106 valence electrons. The minimum absolute atomic E-state index is 0.136. The molecule has 0 bridgehead atoms. The van der Waals surface area contributed by atoms with E-state index in [2.05, 4.69) is 34.2 Å². The van der Waals surface area contributed by atoms with Crippen molar-refractivity contribution in [3.8, 4) is 0 Å². The Kier molecular flexibility index (Phi) is 5.83. The molecule has 1 aliphatic rings. The molecule has 0 amide bonds. The lowest BCUT2D eigenvalue weighted by Gasteiger charge is -2.20. The molecular formula is C16H23BrFN. The third-order valence-electron chi connectivity index (χ3n) is 4.07. The van der Waals surface area contributed by atoms with Gasteiger partial charge in [0.1, 0.15) is 5.82 Å². The Morgan fingerprint density at radius 3 is 2.79 bits per heavy atom. The lowest BCUT2D eigenvalue weighted by Crippen LogP contribution is -2.26. The summed E-state index contributed by atoms with van der Waals surface area (Å²) in [6.07, 6.45) is 6.12. The molecule has 2 unspecified atom stereocenters. The number of halogens is 2. The average molecular weight is 328 g/mol. The topological polar surface area (TPSA) is 12.0 Å². The number of rotatable bonds is 6. The van der Waals surface area contributed by atoms with Crippen LogP contribution in [0.15, 0.2) is 22.7 Å². The summed E-state index contributed by atoms with van der Waals surface area (Å²) in [6.45, 7) is 4.42. The Morgan fingerprint density at radius 2 is 2.05 bits per heavy atom. The fraction of sp³-hybridized carbons (Fsp3) is 0.625. The van der Waals surface area contributed by atoms with Crippen LogP contribution in [0.5, 0.6) is 0 Å². The lowest BCUT2D eigenvalue weighted by molar-refractivity contribution is 0.365. The van der Waals surface area contributed by atoms with E-state index in [1.54, 1.807) is 6.07 Å². The molecule has 0 heterocycles. The van der Waals surface area contributed by atoms with Gasteiger partial charge in [0.15, 0.2) is 0 Å². The number of benzene rings is 1. The molecule has 1 aromatic carbocycles. The van der Waals surface area contributed by atoms with Gasteiger partial charge in [-0.05, 0) is 74.4 Å². The standard InChI is InChI=1S/C16H23BrFN/c1-2-6-19-11-14-5-3-4-13(14)7-12-8-15(17)10-16(18)9-12/h8-10,13-14,19H,2-7,11H2,1H3. The van der Waals surface area contributed by atoms with Gasteiger partial charge in [0.2, 0.25) is 0 Å². The lowest BCUT2D eigenvalue weighted by atomic mass is 9.89. The monoisotopic (exact) mass is 327 g/mol. The Bertz CT molecular complexity index is 387. The smallest absolute Gasteiger partial charge is 0.124 e. The molecule has 19 heavy (non-hydrogen) atoms. The van der Waals surface area contributed by atoms with Crippen molar-refractivity contribution in [2.75, 3.05) is 13.1 Å². The molecule has 1 N–H and O–H groups in total. The molecular weight excluding hydrogens is 305 g/mol. The Morgan fingerprint density at radius 1 is 1.26 bits per heavy atom. The van der Waals surface area contributed by atoms with Crippen LogP contribution in [0.25, 0.3) is 0 Å². The molecule has 0 spiro atoms. The molecule has 1 saturated carbocycles. The first-order valence-corrected chi connectivity index (χ1v) is 8.14. The highest BCUT2D eigenvalue weighted by Crippen LogP contribution is 2.34. The summed E-state index contributed by atoms with van der Waals surface area (Å²) in [4.78, 5) is 0. The van der Waals surface area contributed by atoms with Gasteiger partial charge in [0.25, 0.3) is 0 Å². The highest BCUT2D eigenvalue weighted by Gasteiger charge is 2.26. The van der Waals surface area contributed by atoms with Gasteiger partial charge in [-0.2, -0.15) is 0 Å². The van der Waals surface area contributed by atoms with E-state index in [0.717, 1.165) is 35.5 Å². The SMILES string of the molecule is CCCNCC1CCCC1Cc1cc(F)cc(Br)c1. The summed E-state index contributed by atoms with van der Waals surface area (Å²) in [7, 11) is 0. The zero-order valence-electron chi connectivity index (χ0n) is 11.6. The van der Waals surface area contributed by atoms with E-state index in [1.165, 1.54) is 31.7 Å². The van der Waals surface area contributed by atoms with E-state index in [0.29, 0.717) is 5.92 Å². The number of hydrogen-bond donors (Lipinski definition) is 1. The van der Waals surface area contributed by atoms with E-state index in [4.69, 9.17) is 0 Å². The predicted octanol–water partition coefficient (Wildman–Crippen LogP) is 4.55. The van der Waals surface area contributed by atoms with Gasteiger partial charge < -0.3 is 5.32 Å². The zero-order chi connectivity index (χ0) is 13.7. The molecule has 1 nitrogen and oxygen atoms in total. The van der Waals surface area contributed by atoms with Crippen molar-refractivity contribution in [2.24, 2.45) is 11.8 Å². The summed E-state index contributed by atoms with van der Waals surface area (Å²) in [5.41, 5.74) is 1.12. The van der Waals surface area contributed by atoms with Crippen LogP contribution in [0.1, 0.15) is 38.2 Å². The van der Waals surface area contributed by atoms with Crippen molar-refractivity contribution in [3.63, 3.8) is 0 Å². The van der Waals surface area contributed by atoms with Crippen LogP contribution < -0.4 is 5.32 Å². The van der Waals surface area contributed by atoms with E-state index in [1.807, 2.05) is 0 Å². The summed E-state index contributed by atoms with van der Waals surface area (Å²) in [6, 6.07) is 5.26. The fourth-order valence-corrected chi connectivity index (χ4v) is 3.66. The molecule has 2 atom stereocenters. The molecule has 1 aliphatic carbocycles. The van der Waals surface area contributed by atoms with Crippen LogP contribution in [0, 0.1) is 17.7 Å². The van der Waals surface area contributed by atoms with Crippen LogP contribution in [0.3, 0.4) is 0 Å². The maximum atomic E-state index is 13.4. The molecule has 2 rings (SSSR count). The zero-order valence-corrected chi connectivity index (χ0v) is 13.2. The molecule has 0 aromatic heterocycles. The van der Waals surface area contributed by atoms with Crippen molar-refractivity contribution in [1.29, 1.82) is 0 Å². The van der Waals surface area contributed by atoms with E-state index >= 15 is 0 Å². The second-order valence-electron chi connectivity index (χ2n) is 5.64. The Hall–Kier alpha value is -0.410. The third kappa shape index (κ3) is 4.57. The molecule has 1 fully saturated rings. The summed E-state index contributed by atoms with van der Waals surface area (Å²) >= 11 is 3.38. The maximum absolute atomic E-state index is 13.4. The van der Waals surface area contributed by atoms with Gasteiger partial charge in [0, 0.05) is 4.47 Å². The Labute approximate surface area is 124 Å². The van der Waals surface area contributed by atoms with Crippen molar-refractivity contribution >= 4 is 15.9 Å².